The van der Waals surface area contributed by atoms with E-state index in [9.17, 15) is 5.11 Å². The van der Waals surface area contributed by atoms with E-state index in [1.165, 1.54) is 0 Å². The number of likely N-dealkylation sites (tertiary alicyclic amines) is 1. The lowest BCUT2D eigenvalue weighted by Crippen LogP contribution is -2.52. The number of hydrogen-bond donors (Lipinski definition) is 3. The van der Waals surface area contributed by atoms with Crippen molar-refractivity contribution in [2.75, 3.05) is 44.7 Å². The van der Waals surface area contributed by atoms with Crippen LogP contribution in [0, 0.1) is 0 Å². The third kappa shape index (κ3) is 6.25. The molecule has 2 aliphatic heterocycles. The third-order valence-electron chi connectivity index (χ3n) is 4.21. The minimum Gasteiger partial charge on any atom is -0.387 e. The van der Waals surface area contributed by atoms with Crippen molar-refractivity contribution in [1.29, 1.82) is 0 Å². The Bertz CT molecular complexity index is 367. The highest BCUT2D eigenvalue weighted by molar-refractivity contribution is 14.0. The molecule has 0 aromatic rings. The van der Waals surface area contributed by atoms with E-state index in [0.717, 1.165) is 56.4 Å². The average Bonchev–Trinajstić information content (AvgIpc) is 2.93. The summed E-state index contributed by atoms with van der Waals surface area (Å²) in [5.41, 5.74) is -0.574. The zero-order valence-corrected chi connectivity index (χ0v) is 16.5. The van der Waals surface area contributed by atoms with Crippen LogP contribution in [0.15, 0.2) is 17.6 Å². The summed E-state index contributed by atoms with van der Waals surface area (Å²) < 4.78 is 0. The predicted molar refractivity (Wildman–Crippen MR) is 106 cm³/mol. The number of piperidine rings is 1. The average molecular weight is 440 g/mol. The number of halogens is 1. The zero-order valence-electron chi connectivity index (χ0n) is 13.4. The van der Waals surface area contributed by atoms with Crippen molar-refractivity contribution in [3.05, 3.63) is 12.7 Å². The third-order valence-corrected chi connectivity index (χ3v) is 5.44. The topological polar surface area (TPSA) is 59.9 Å². The number of nitrogens with one attached hydrogen (secondary N) is 2. The van der Waals surface area contributed by atoms with Gasteiger partial charge < -0.3 is 15.7 Å². The summed E-state index contributed by atoms with van der Waals surface area (Å²) in [7, 11) is 1.79. The fourth-order valence-corrected chi connectivity index (χ4v) is 4.11. The number of nitrogens with zero attached hydrogens (tertiary/aromatic N) is 2. The first-order chi connectivity index (χ1) is 10.1. The molecule has 0 aliphatic carbocycles. The molecule has 3 N–H and O–H groups in total. The van der Waals surface area contributed by atoms with Crippen LogP contribution in [0.2, 0.25) is 0 Å². The number of aliphatic imine (C=N–C) groups is 1. The summed E-state index contributed by atoms with van der Waals surface area (Å²) in [6.45, 7) is 7.54. The van der Waals surface area contributed by atoms with Gasteiger partial charge in [-0.2, -0.15) is 11.8 Å². The van der Waals surface area contributed by atoms with E-state index < -0.39 is 5.60 Å². The van der Waals surface area contributed by atoms with Crippen molar-refractivity contribution < 1.29 is 5.11 Å². The number of hydrogen-bond acceptors (Lipinski definition) is 4. The summed E-state index contributed by atoms with van der Waals surface area (Å²) >= 11 is 1.82. The second-order valence-electron chi connectivity index (χ2n) is 5.96. The van der Waals surface area contributed by atoms with Crippen LogP contribution in [0.5, 0.6) is 0 Å². The summed E-state index contributed by atoms with van der Waals surface area (Å²) in [5, 5.41) is 17.1. The lowest BCUT2D eigenvalue weighted by Gasteiger charge is -2.33. The molecule has 2 heterocycles. The molecule has 2 rings (SSSR count). The molecular weight excluding hydrogens is 411 g/mol. The molecule has 1 unspecified atom stereocenters. The highest BCUT2D eigenvalue weighted by atomic mass is 127. The van der Waals surface area contributed by atoms with Crippen molar-refractivity contribution in [3.63, 3.8) is 0 Å². The molecule has 1 atom stereocenters. The van der Waals surface area contributed by atoms with Crippen LogP contribution in [0.3, 0.4) is 0 Å². The first kappa shape index (κ1) is 20.1. The number of aliphatic hydroxyl groups is 1. The van der Waals surface area contributed by atoms with Gasteiger partial charge in [0.25, 0.3) is 0 Å². The van der Waals surface area contributed by atoms with Crippen molar-refractivity contribution in [2.45, 2.75) is 30.9 Å². The molecule has 2 fully saturated rings. The van der Waals surface area contributed by atoms with Gasteiger partial charge in [-0.15, -0.1) is 30.6 Å². The largest absolute Gasteiger partial charge is 0.387 e. The molecule has 22 heavy (non-hydrogen) atoms. The van der Waals surface area contributed by atoms with E-state index >= 15 is 0 Å². The maximum Gasteiger partial charge on any atom is 0.191 e. The van der Waals surface area contributed by atoms with Crippen molar-refractivity contribution >= 4 is 41.7 Å². The van der Waals surface area contributed by atoms with Crippen molar-refractivity contribution in [1.82, 2.24) is 15.5 Å². The van der Waals surface area contributed by atoms with E-state index in [4.69, 9.17) is 0 Å². The molecule has 5 nitrogen and oxygen atoms in total. The van der Waals surface area contributed by atoms with E-state index in [-0.39, 0.29) is 24.0 Å². The Morgan fingerprint density at radius 2 is 2.23 bits per heavy atom. The van der Waals surface area contributed by atoms with Gasteiger partial charge in [-0.1, -0.05) is 6.08 Å². The van der Waals surface area contributed by atoms with E-state index in [1.807, 2.05) is 17.8 Å². The van der Waals surface area contributed by atoms with Gasteiger partial charge in [0.05, 0.1) is 5.60 Å². The molecule has 0 aromatic heterocycles. The fourth-order valence-electron chi connectivity index (χ4n) is 2.81. The van der Waals surface area contributed by atoms with Crippen LogP contribution in [0.25, 0.3) is 0 Å². The Kier molecular flexibility index (Phi) is 9.11. The van der Waals surface area contributed by atoms with Crippen LogP contribution in [0.4, 0.5) is 0 Å². The molecule has 0 radical (unpaired) electrons. The first-order valence-electron chi connectivity index (χ1n) is 7.76. The standard InChI is InChI=1S/C15H28N4OS.HI/c1-3-7-19-8-4-13(5-9-19)18-14(16-2)17-11-15(20)6-10-21-12-15;/h3,13,20H,1,4-12H2,2H3,(H2,16,17,18);1H. The summed E-state index contributed by atoms with van der Waals surface area (Å²) in [5.74, 6) is 2.67. The molecule has 0 saturated carbocycles. The second kappa shape index (κ2) is 10.00. The van der Waals surface area contributed by atoms with Gasteiger partial charge in [0.15, 0.2) is 5.96 Å². The summed E-state index contributed by atoms with van der Waals surface area (Å²) in [4.78, 5) is 6.69. The first-order valence-corrected chi connectivity index (χ1v) is 8.91. The van der Waals surface area contributed by atoms with Gasteiger partial charge in [0.2, 0.25) is 0 Å². The maximum atomic E-state index is 10.4. The molecule has 128 valence electrons. The Balaban J connectivity index is 0.00000242. The monoisotopic (exact) mass is 440 g/mol. The van der Waals surface area contributed by atoms with Gasteiger partial charge in [-0.05, 0) is 25.0 Å². The Morgan fingerprint density at radius 1 is 1.50 bits per heavy atom. The van der Waals surface area contributed by atoms with E-state index in [0.29, 0.717) is 12.6 Å². The predicted octanol–water partition coefficient (Wildman–Crippen LogP) is 1.29. The minimum atomic E-state index is -0.574. The highest BCUT2D eigenvalue weighted by Crippen LogP contribution is 2.26. The second-order valence-corrected chi connectivity index (χ2v) is 7.07. The lowest BCUT2D eigenvalue weighted by atomic mass is 10.0. The van der Waals surface area contributed by atoms with E-state index in [2.05, 4.69) is 27.1 Å². The van der Waals surface area contributed by atoms with Crippen LogP contribution in [-0.4, -0.2) is 72.3 Å². The molecule has 0 bridgehead atoms. The number of guanidine groups is 1. The number of rotatable bonds is 5. The van der Waals surface area contributed by atoms with Crippen LogP contribution < -0.4 is 10.6 Å². The molecule has 0 spiro atoms. The Hall–Kier alpha value is 0.01000. The van der Waals surface area contributed by atoms with Gasteiger partial charge >= 0.3 is 0 Å². The Labute approximate surface area is 155 Å². The SMILES string of the molecule is C=CCN1CCC(NC(=NC)NCC2(O)CCSC2)CC1.I. The minimum absolute atomic E-state index is 0. The van der Waals surface area contributed by atoms with Crippen molar-refractivity contribution in [2.24, 2.45) is 4.99 Å². The van der Waals surface area contributed by atoms with Crippen LogP contribution in [0.1, 0.15) is 19.3 Å². The molecular formula is C15H29IN4OS. The number of thioether (sulfide) groups is 1. The lowest BCUT2D eigenvalue weighted by molar-refractivity contribution is 0.0723. The molecule has 0 amide bonds. The summed E-state index contributed by atoms with van der Waals surface area (Å²) in [6, 6.07) is 0.463. The van der Waals surface area contributed by atoms with E-state index in [1.54, 1.807) is 7.05 Å². The Morgan fingerprint density at radius 3 is 2.77 bits per heavy atom. The van der Waals surface area contributed by atoms with Crippen LogP contribution in [-0.2, 0) is 0 Å². The molecule has 2 aliphatic rings. The maximum absolute atomic E-state index is 10.4. The van der Waals surface area contributed by atoms with Gasteiger partial charge in [0.1, 0.15) is 0 Å². The fraction of sp³-hybridized carbons (Fsp3) is 0.800. The van der Waals surface area contributed by atoms with Gasteiger partial charge in [-0.3, -0.25) is 9.89 Å². The molecule has 7 heteroatoms. The zero-order chi connectivity index (χ0) is 15.1. The smallest absolute Gasteiger partial charge is 0.191 e. The highest BCUT2D eigenvalue weighted by Gasteiger charge is 2.31. The van der Waals surface area contributed by atoms with Gasteiger partial charge in [-0.25, -0.2) is 0 Å². The molecule has 0 aromatic carbocycles. The molecule has 2 saturated heterocycles. The van der Waals surface area contributed by atoms with Crippen LogP contribution >= 0.6 is 35.7 Å². The quantitative estimate of drug-likeness (QED) is 0.260. The summed E-state index contributed by atoms with van der Waals surface area (Å²) in [6.07, 6.45) is 5.07. The normalized spacial score (nSPS) is 27.3. The van der Waals surface area contributed by atoms with Crippen molar-refractivity contribution in [3.8, 4) is 0 Å². The van der Waals surface area contributed by atoms with Gasteiger partial charge in [0, 0.05) is 45.0 Å².